The van der Waals surface area contributed by atoms with Crippen LogP contribution in [0.1, 0.15) is 19.3 Å². The lowest BCUT2D eigenvalue weighted by molar-refractivity contribution is -0.146. The largest absolute Gasteiger partial charge is 0.407 e. The maximum atomic E-state index is 12.3. The molecule has 0 fully saturated rings. The molecule has 70 valence electrons. The molecule has 0 aliphatic heterocycles. The number of allylic oxidation sites excluding steroid dienone is 1. The second-order valence-corrected chi connectivity index (χ2v) is 2.93. The molecule has 0 spiro atoms. The molecule has 4 heteroatoms. The monoisotopic (exact) mass is 179 g/mol. The Hall–Kier alpha value is -0.510. The molecular formula is C8H12F3N. The maximum absolute atomic E-state index is 12.3. The Morgan fingerprint density at radius 3 is 2.50 bits per heavy atom. The minimum absolute atomic E-state index is 0.491. The van der Waals surface area contributed by atoms with E-state index >= 15 is 0 Å². The molecule has 1 aliphatic carbocycles. The van der Waals surface area contributed by atoms with Crippen molar-refractivity contribution in [3.8, 4) is 0 Å². The first-order valence-corrected chi connectivity index (χ1v) is 3.98. The molecule has 1 nitrogen and oxygen atoms in total. The third-order valence-electron chi connectivity index (χ3n) is 2.06. The van der Waals surface area contributed by atoms with Gasteiger partial charge in [0, 0.05) is 0 Å². The van der Waals surface area contributed by atoms with Gasteiger partial charge in [-0.3, -0.25) is 0 Å². The molecule has 0 aromatic heterocycles. The van der Waals surface area contributed by atoms with E-state index in [0.717, 1.165) is 12.8 Å². The van der Waals surface area contributed by atoms with Crippen molar-refractivity contribution >= 4 is 0 Å². The summed E-state index contributed by atoms with van der Waals surface area (Å²) in [4.78, 5) is 0. The molecule has 1 rings (SSSR count). The first kappa shape index (κ1) is 9.58. The second kappa shape index (κ2) is 3.47. The fourth-order valence-corrected chi connectivity index (χ4v) is 1.52. The first-order chi connectivity index (χ1) is 5.55. The molecule has 0 radical (unpaired) electrons. The van der Waals surface area contributed by atoms with E-state index < -0.39 is 12.2 Å². The van der Waals surface area contributed by atoms with Crippen LogP contribution in [0.2, 0.25) is 0 Å². The summed E-state index contributed by atoms with van der Waals surface area (Å²) in [5.41, 5.74) is 0.491. The fourth-order valence-electron chi connectivity index (χ4n) is 1.52. The van der Waals surface area contributed by atoms with Gasteiger partial charge in [-0.2, -0.15) is 13.2 Å². The molecule has 1 atom stereocenters. The van der Waals surface area contributed by atoms with Crippen molar-refractivity contribution in [3.05, 3.63) is 11.6 Å². The highest BCUT2D eigenvalue weighted by atomic mass is 19.4. The van der Waals surface area contributed by atoms with Crippen molar-refractivity contribution in [1.29, 1.82) is 0 Å². The van der Waals surface area contributed by atoms with Gasteiger partial charge < -0.3 is 5.32 Å². The molecule has 1 aliphatic rings. The molecule has 0 saturated carbocycles. The highest BCUT2D eigenvalue weighted by Crippen LogP contribution is 2.31. The van der Waals surface area contributed by atoms with E-state index in [2.05, 4.69) is 5.32 Å². The molecule has 0 saturated heterocycles. The van der Waals surface area contributed by atoms with Crippen LogP contribution in [0.15, 0.2) is 11.6 Å². The van der Waals surface area contributed by atoms with Crippen molar-refractivity contribution < 1.29 is 13.2 Å². The van der Waals surface area contributed by atoms with Crippen LogP contribution in [0.25, 0.3) is 0 Å². The van der Waals surface area contributed by atoms with Crippen LogP contribution < -0.4 is 5.32 Å². The van der Waals surface area contributed by atoms with E-state index in [1.165, 1.54) is 7.05 Å². The summed E-state index contributed by atoms with van der Waals surface area (Å²) in [6.45, 7) is 0. The maximum Gasteiger partial charge on any atom is 0.407 e. The minimum atomic E-state index is -4.15. The molecule has 0 aromatic carbocycles. The van der Waals surface area contributed by atoms with Crippen molar-refractivity contribution in [2.24, 2.45) is 0 Å². The van der Waals surface area contributed by atoms with Crippen molar-refractivity contribution in [2.75, 3.05) is 7.05 Å². The van der Waals surface area contributed by atoms with E-state index in [0.29, 0.717) is 12.0 Å². The van der Waals surface area contributed by atoms with Gasteiger partial charge in [-0.1, -0.05) is 6.08 Å². The van der Waals surface area contributed by atoms with Crippen molar-refractivity contribution in [1.82, 2.24) is 5.32 Å². The van der Waals surface area contributed by atoms with Crippen LogP contribution in [0.3, 0.4) is 0 Å². The fraction of sp³-hybridized carbons (Fsp3) is 0.750. The van der Waals surface area contributed by atoms with Crippen molar-refractivity contribution in [3.63, 3.8) is 0 Å². The number of likely N-dealkylation sites (N-methyl/N-ethyl adjacent to an activating group) is 1. The molecule has 0 amide bonds. The topological polar surface area (TPSA) is 12.0 Å². The van der Waals surface area contributed by atoms with E-state index in [9.17, 15) is 13.2 Å². The van der Waals surface area contributed by atoms with Gasteiger partial charge >= 0.3 is 6.18 Å². The van der Waals surface area contributed by atoms with Gasteiger partial charge in [0.25, 0.3) is 0 Å². The second-order valence-electron chi connectivity index (χ2n) is 2.93. The molecule has 0 heterocycles. The summed E-state index contributed by atoms with van der Waals surface area (Å²) in [6.07, 6.45) is -0.252. The van der Waals surface area contributed by atoms with Crippen LogP contribution in [0.5, 0.6) is 0 Å². The predicted octanol–water partition coefficient (Wildman–Crippen LogP) is 2.25. The zero-order valence-corrected chi connectivity index (χ0v) is 6.91. The Morgan fingerprint density at radius 1 is 1.50 bits per heavy atom. The van der Waals surface area contributed by atoms with Gasteiger partial charge in [0.1, 0.15) is 6.04 Å². The number of rotatable bonds is 2. The van der Waals surface area contributed by atoms with E-state index in [1.807, 2.05) is 0 Å². The van der Waals surface area contributed by atoms with Crippen molar-refractivity contribution in [2.45, 2.75) is 31.5 Å². The van der Waals surface area contributed by atoms with E-state index in [4.69, 9.17) is 0 Å². The highest BCUT2D eigenvalue weighted by Gasteiger charge is 2.41. The average molecular weight is 179 g/mol. The molecular weight excluding hydrogens is 167 g/mol. The van der Waals surface area contributed by atoms with Crippen LogP contribution in [-0.2, 0) is 0 Å². The SMILES string of the molecule is CNC(C1=CCCC1)C(F)(F)F. The Kier molecular flexibility index (Phi) is 2.77. The summed E-state index contributed by atoms with van der Waals surface area (Å²) >= 11 is 0. The van der Waals surface area contributed by atoms with Gasteiger partial charge in [-0.15, -0.1) is 0 Å². The van der Waals surface area contributed by atoms with Crippen LogP contribution in [0.4, 0.5) is 13.2 Å². The standard InChI is InChI=1S/C8H12F3N/c1-12-7(8(9,10)11)6-4-2-3-5-6/h4,7,12H,2-3,5H2,1H3. The minimum Gasteiger partial charge on any atom is -0.306 e. The molecule has 1 N–H and O–H groups in total. The van der Waals surface area contributed by atoms with Gasteiger partial charge in [-0.25, -0.2) is 0 Å². The zero-order chi connectivity index (χ0) is 9.19. The summed E-state index contributed by atoms with van der Waals surface area (Å²) in [7, 11) is 1.34. The van der Waals surface area contributed by atoms with E-state index in [1.54, 1.807) is 6.08 Å². The Bertz CT molecular complexity index is 183. The molecule has 0 bridgehead atoms. The Labute approximate surface area is 69.6 Å². The third-order valence-corrected chi connectivity index (χ3v) is 2.06. The Balaban J connectivity index is 2.68. The highest BCUT2D eigenvalue weighted by molar-refractivity contribution is 5.17. The van der Waals surface area contributed by atoms with Crippen LogP contribution in [-0.4, -0.2) is 19.3 Å². The molecule has 0 aromatic rings. The average Bonchev–Trinajstić information content (AvgIpc) is 2.38. The number of nitrogens with one attached hydrogen (secondary N) is 1. The summed E-state index contributed by atoms with van der Waals surface area (Å²) in [5, 5.41) is 2.29. The van der Waals surface area contributed by atoms with Gasteiger partial charge in [-0.05, 0) is 31.9 Å². The summed E-state index contributed by atoms with van der Waals surface area (Å²) in [5.74, 6) is 0. The lowest BCUT2D eigenvalue weighted by Crippen LogP contribution is -2.41. The lowest BCUT2D eigenvalue weighted by Gasteiger charge is -2.20. The van der Waals surface area contributed by atoms with Gasteiger partial charge in [0.2, 0.25) is 0 Å². The lowest BCUT2D eigenvalue weighted by atomic mass is 10.1. The van der Waals surface area contributed by atoms with Crippen LogP contribution in [0, 0.1) is 0 Å². The van der Waals surface area contributed by atoms with Crippen LogP contribution >= 0.6 is 0 Å². The number of hydrogen-bond donors (Lipinski definition) is 1. The Morgan fingerprint density at radius 2 is 2.17 bits per heavy atom. The van der Waals surface area contributed by atoms with Gasteiger partial charge in [0.15, 0.2) is 0 Å². The number of halogens is 3. The summed E-state index contributed by atoms with van der Waals surface area (Å²) < 4.78 is 36.8. The summed E-state index contributed by atoms with van der Waals surface area (Å²) in [6, 6.07) is -1.43. The third kappa shape index (κ3) is 2.00. The first-order valence-electron chi connectivity index (χ1n) is 3.98. The zero-order valence-electron chi connectivity index (χ0n) is 6.91. The molecule has 12 heavy (non-hydrogen) atoms. The molecule has 1 unspecified atom stereocenters. The van der Waals surface area contributed by atoms with E-state index in [-0.39, 0.29) is 0 Å². The number of alkyl halides is 3. The normalized spacial score (nSPS) is 20.8. The number of hydrogen-bond acceptors (Lipinski definition) is 1. The van der Waals surface area contributed by atoms with Gasteiger partial charge in [0.05, 0.1) is 0 Å². The quantitative estimate of drug-likeness (QED) is 0.641. The smallest absolute Gasteiger partial charge is 0.306 e. The predicted molar refractivity (Wildman–Crippen MR) is 40.8 cm³/mol.